The van der Waals surface area contributed by atoms with E-state index >= 15 is 0 Å². The van der Waals surface area contributed by atoms with Gasteiger partial charge >= 0.3 is 5.97 Å². The Morgan fingerprint density at radius 1 is 1.05 bits per heavy atom. The molecule has 3 aromatic carbocycles. The summed E-state index contributed by atoms with van der Waals surface area (Å²) in [7, 11) is 0. The molecule has 0 saturated heterocycles. The molecule has 0 atom stereocenters. The zero-order valence-electron chi connectivity index (χ0n) is 23.4. The molecule has 0 spiro atoms. The summed E-state index contributed by atoms with van der Waals surface area (Å²) in [5.74, 6) is 6.75. The van der Waals surface area contributed by atoms with E-state index in [2.05, 4.69) is 21.8 Å². The number of hydrogen-bond acceptors (Lipinski definition) is 6. The molecule has 2 aromatic heterocycles. The SMILES string of the molecule is Cc1cc2cc(C#Cc3cncnc3)ccc2c(-c2c(OC(C)(C)C)cc3c4c(ccnc24)CCO3)c1CC(=O)O. The molecule has 1 aliphatic rings. The molecule has 3 heterocycles. The van der Waals surface area contributed by atoms with E-state index < -0.39 is 11.6 Å². The third-order valence-corrected chi connectivity index (χ3v) is 7.03. The Morgan fingerprint density at radius 3 is 2.59 bits per heavy atom. The molecule has 6 rings (SSSR count). The maximum atomic E-state index is 12.2. The van der Waals surface area contributed by atoms with Crippen molar-refractivity contribution in [2.75, 3.05) is 6.61 Å². The van der Waals surface area contributed by atoms with Gasteiger partial charge in [0.15, 0.2) is 0 Å². The first kappa shape index (κ1) is 26.3. The molecule has 0 unspecified atom stereocenters. The van der Waals surface area contributed by atoms with E-state index in [1.54, 1.807) is 12.4 Å². The topological polar surface area (TPSA) is 94.4 Å². The van der Waals surface area contributed by atoms with Crippen LogP contribution in [0.25, 0.3) is 32.8 Å². The van der Waals surface area contributed by atoms with Gasteiger partial charge in [-0.15, -0.1) is 0 Å². The highest BCUT2D eigenvalue weighted by atomic mass is 16.5. The van der Waals surface area contributed by atoms with Crippen molar-refractivity contribution in [1.29, 1.82) is 0 Å². The van der Waals surface area contributed by atoms with Gasteiger partial charge in [0, 0.05) is 42.0 Å². The number of pyridine rings is 1. The summed E-state index contributed by atoms with van der Waals surface area (Å²) in [4.78, 5) is 25.1. The van der Waals surface area contributed by atoms with Crippen LogP contribution in [0.5, 0.6) is 11.5 Å². The Morgan fingerprint density at radius 2 is 1.83 bits per heavy atom. The summed E-state index contributed by atoms with van der Waals surface area (Å²) in [6.45, 7) is 8.51. The van der Waals surface area contributed by atoms with Gasteiger partial charge in [-0.2, -0.15) is 0 Å². The third kappa shape index (κ3) is 5.17. The van der Waals surface area contributed by atoms with Gasteiger partial charge in [-0.1, -0.05) is 24.0 Å². The fourth-order valence-corrected chi connectivity index (χ4v) is 5.43. The van der Waals surface area contributed by atoms with Crippen LogP contribution < -0.4 is 9.47 Å². The van der Waals surface area contributed by atoms with E-state index in [0.29, 0.717) is 12.4 Å². The lowest BCUT2D eigenvalue weighted by molar-refractivity contribution is -0.136. The standard InChI is InChI=1S/C34H29N3O4/c1-20-13-24-14-21(5-6-22-17-35-19-36-18-22)7-8-25(24)31(26(20)15-29(38)39)32-28(41-34(2,3)4)16-27-30-23(10-12-40-27)9-11-37-33(30)32/h7-9,11,13-14,16-19H,10,12,15H2,1-4H3,(H,38,39). The van der Waals surface area contributed by atoms with E-state index in [-0.39, 0.29) is 6.42 Å². The van der Waals surface area contributed by atoms with Gasteiger partial charge in [-0.25, -0.2) is 9.97 Å². The molecule has 0 saturated carbocycles. The van der Waals surface area contributed by atoms with Crippen molar-refractivity contribution in [3.05, 3.63) is 89.1 Å². The fraction of sp³-hybridized carbons (Fsp3) is 0.235. The molecule has 0 aliphatic carbocycles. The van der Waals surface area contributed by atoms with Crippen LogP contribution >= 0.6 is 0 Å². The Bertz CT molecular complexity index is 1900. The van der Waals surface area contributed by atoms with Crippen LogP contribution in [0.2, 0.25) is 0 Å². The highest BCUT2D eigenvalue weighted by Crippen LogP contribution is 2.48. The van der Waals surface area contributed by atoms with E-state index in [1.165, 1.54) is 6.33 Å². The summed E-state index contributed by atoms with van der Waals surface area (Å²) >= 11 is 0. The summed E-state index contributed by atoms with van der Waals surface area (Å²) < 4.78 is 12.6. The zero-order chi connectivity index (χ0) is 28.7. The summed E-state index contributed by atoms with van der Waals surface area (Å²) in [6, 6.07) is 12.0. The average Bonchev–Trinajstić information content (AvgIpc) is 2.93. The minimum absolute atomic E-state index is 0.138. The first-order chi connectivity index (χ1) is 19.7. The van der Waals surface area contributed by atoms with Gasteiger partial charge in [0.25, 0.3) is 0 Å². The molecule has 0 amide bonds. The number of nitrogens with zero attached hydrogens (tertiary/aromatic N) is 3. The number of aliphatic carboxylic acids is 1. The molecule has 5 aromatic rings. The number of fused-ring (bicyclic) bond motifs is 1. The van der Waals surface area contributed by atoms with Gasteiger partial charge in [-0.3, -0.25) is 9.78 Å². The predicted octanol–water partition coefficient (Wildman–Crippen LogP) is 6.29. The number of aryl methyl sites for hydroxylation is 1. The Kier molecular flexibility index (Phi) is 6.55. The number of carboxylic acids is 1. The molecule has 0 radical (unpaired) electrons. The normalized spacial score (nSPS) is 12.5. The quantitative estimate of drug-likeness (QED) is 0.266. The van der Waals surface area contributed by atoms with Gasteiger partial charge in [0.05, 0.1) is 29.7 Å². The van der Waals surface area contributed by atoms with Gasteiger partial charge in [0.1, 0.15) is 23.4 Å². The molecule has 1 N–H and O–H groups in total. The number of carboxylic acid groups (broad SMARTS) is 1. The first-order valence-electron chi connectivity index (χ1n) is 13.5. The highest BCUT2D eigenvalue weighted by Gasteiger charge is 2.28. The summed E-state index contributed by atoms with van der Waals surface area (Å²) in [5, 5.41) is 12.8. The third-order valence-electron chi connectivity index (χ3n) is 7.03. The minimum atomic E-state index is -0.904. The Balaban J connectivity index is 1.67. The summed E-state index contributed by atoms with van der Waals surface area (Å²) in [5.41, 5.74) is 6.10. The lowest BCUT2D eigenvalue weighted by atomic mass is 9.85. The van der Waals surface area contributed by atoms with Crippen LogP contribution in [0, 0.1) is 18.8 Å². The second-order valence-corrected chi connectivity index (χ2v) is 11.2. The van der Waals surface area contributed by atoms with E-state index in [0.717, 1.165) is 72.8 Å². The lowest BCUT2D eigenvalue weighted by Gasteiger charge is -2.28. The van der Waals surface area contributed by atoms with Crippen molar-refractivity contribution in [3.8, 4) is 34.5 Å². The number of benzene rings is 3. The van der Waals surface area contributed by atoms with Crippen molar-refractivity contribution in [3.63, 3.8) is 0 Å². The second-order valence-electron chi connectivity index (χ2n) is 11.2. The number of hydrogen-bond donors (Lipinski definition) is 1. The number of ether oxygens (including phenoxy) is 2. The van der Waals surface area contributed by atoms with Crippen molar-refractivity contribution >= 4 is 27.6 Å². The minimum Gasteiger partial charge on any atom is -0.492 e. The molecular weight excluding hydrogens is 514 g/mol. The van der Waals surface area contributed by atoms with Crippen molar-refractivity contribution in [1.82, 2.24) is 15.0 Å². The molecule has 1 aliphatic heterocycles. The van der Waals surface area contributed by atoms with Gasteiger partial charge in [-0.05, 0) is 78.9 Å². The van der Waals surface area contributed by atoms with Crippen LogP contribution in [0.1, 0.15) is 48.6 Å². The van der Waals surface area contributed by atoms with E-state index in [4.69, 9.17) is 14.5 Å². The molecule has 41 heavy (non-hydrogen) atoms. The van der Waals surface area contributed by atoms with Crippen LogP contribution in [0.15, 0.2) is 61.3 Å². The number of rotatable bonds is 4. The molecular formula is C34H29N3O4. The molecule has 7 heteroatoms. The monoisotopic (exact) mass is 543 g/mol. The van der Waals surface area contributed by atoms with Crippen LogP contribution in [-0.4, -0.2) is 38.2 Å². The Hall–Kier alpha value is -4.96. The molecule has 7 nitrogen and oxygen atoms in total. The molecule has 204 valence electrons. The molecule has 0 bridgehead atoms. The van der Waals surface area contributed by atoms with Crippen LogP contribution in [0.3, 0.4) is 0 Å². The smallest absolute Gasteiger partial charge is 0.307 e. The lowest BCUT2D eigenvalue weighted by Crippen LogP contribution is -2.24. The fourth-order valence-electron chi connectivity index (χ4n) is 5.43. The molecule has 0 fully saturated rings. The van der Waals surface area contributed by atoms with E-state index in [1.807, 2.05) is 70.3 Å². The average molecular weight is 544 g/mol. The number of carbonyl (C=O) groups is 1. The first-order valence-corrected chi connectivity index (χ1v) is 13.5. The van der Waals surface area contributed by atoms with Crippen molar-refractivity contribution in [2.24, 2.45) is 0 Å². The van der Waals surface area contributed by atoms with Crippen molar-refractivity contribution in [2.45, 2.75) is 46.1 Å². The Labute approximate surface area is 238 Å². The zero-order valence-corrected chi connectivity index (χ0v) is 23.4. The highest BCUT2D eigenvalue weighted by molar-refractivity contribution is 6.11. The van der Waals surface area contributed by atoms with Crippen molar-refractivity contribution < 1.29 is 19.4 Å². The maximum absolute atomic E-state index is 12.2. The van der Waals surface area contributed by atoms with Gasteiger partial charge < -0.3 is 14.6 Å². The van der Waals surface area contributed by atoms with Crippen LogP contribution in [0.4, 0.5) is 0 Å². The van der Waals surface area contributed by atoms with E-state index in [9.17, 15) is 9.90 Å². The number of aromatic nitrogens is 3. The second kappa shape index (κ2) is 10.2. The maximum Gasteiger partial charge on any atom is 0.307 e. The predicted molar refractivity (Wildman–Crippen MR) is 158 cm³/mol. The largest absolute Gasteiger partial charge is 0.492 e. The van der Waals surface area contributed by atoms with Crippen LogP contribution in [-0.2, 0) is 17.6 Å². The van der Waals surface area contributed by atoms with Gasteiger partial charge in [0.2, 0.25) is 0 Å². The summed E-state index contributed by atoms with van der Waals surface area (Å²) in [6.07, 6.45) is 7.27.